The smallest absolute Gasteiger partial charge is 0.336 e. The Hall–Kier alpha value is -4.97. The number of hydrogen-bond acceptors (Lipinski definition) is 5. The molecule has 0 unspecified atom stereocenters. The van der Waals surface area contributed by atoms with Gasteiger partial charge in [0.1, 0.15) is 0 Å². The number of carbonyl (C=O) groups excluding carboxylic acids is 4. The van der Waals surface area contributed by atoms with Crippen molar-refractivity contribution < 1.29 is 29.1 Å². The molecule has 2 aliphatic rings. The van der Waals surface area contributed by atoms with Crippen molar-refractivity contribution in [1.29, 1.82) is 0 Å². The Morgan fingerprint density at radius 1 is 0.513 bits per heavy atom. The Kier molecular flexibility index (Phi) is 6.19. The van der Waals surface area contributed by atoms with Gasteiger partial charge in [-0.2, -0.15) is 0 Å². The molecule has 6 heteroatoms. The molecule has 6 rings (SSSR count). The third-order valence-corrected chi connectivity index (χ3v) is 6.94. The SMILES string of the molecule is CC(C)(C)c1cccc2c1C(=O)c1ccccc1C2=O.O=C(O)c1cccc2c1C(=O)c1ccccc1C2=O. The van der Waals surface area contributed by atoms with Crippen molar-refractivity contribution in [3.05, 3.63) is 141 Å². The van der Waals surface area contributed by atoms with E-state index in [2.05, 4.69) is 20.8 Å². The van der Waals surface area contributed by atoms with Crippen LogP contribution in [0.5, 0.6) is 0 Å². The van der Waals surface area contributed by atoms with Gasteiger partial charge in [-0.3, -0.25) is 19.2 Å². The number of carbonyl (C=O) groups is 5. The number of carboxylic acids is 1. The number of fused-ring (bicyclic) bond motifs is 4. The standard InChI is InChI=1S/C18H16O2.C15H8O4/c1-18(2,3)14-10-6-9-13-15(14)17(20)12-8-5-4-7-11(12)16(13)19;16-13-8-4-1-2-5-9(8)14(17)12-10(13)6-3-7-11(12)15(18)19/h4-10H,1-3H3;1-7H,(H,18,19). The van der Waals surface area contributed by atoms with Crippen LogP contribution in [-0.4, -0.2) is 34.2 Å². The summed E-state index contributed by atoms with van der Waals surface area (Å²) in [6.45, 7) is 6.17. The van der Waals surface area contributed by atoms with Crippen LogP contribution in [0.1, 0.15) is 100 Å². The van der Waals surface area contributed by atoms with Gasteiger partial charge in [-0.25, -0.2) is 4.79 Å². The first-order chi connectivity index (χ1) is 18.5. The molecule has 39 heavy (non-hydrogen) atoms. The Balaban J connectivity index is 0.000000158. The van der Waals surface area contributed by atoms with Crippen LogP contribution in [-0.2, 0) is 5.41 Å². The average molecular weight is 517 g/mol. The quantitative estimate of drug-likeness (QED) is 0.291. The van der Waals surface area contributed by atoms with Crippen LogP contribution in [0.4, 0.5) is 0 Å². The Bertz CT molecular complexity index is 1740. The van der Waals surface area contributed by atoms with E-state index in [0.717, 1.165) is 5.56 Å². The molecule has 0 aliphatic heterocycles. The first-order valence-electron chi connectivity index (χ1n) is 12.4. The second kappa shape index (κ2) is 9.40. The molecule has 0 fully saturated rings. The molecule has 1 N–H and O–H groups in total. The molecule has 0 heterocycles. The van der Waals surface area contributed by atoms with E-state index in [4.69, 9.17) is 5.11 Å². The summed E-state index contributed by atoms with van der Waals surface area (Å²) in [6.07, 6.45) is 0. The number of rotatable bonds is 1. The predicted octanol–water partition coefficient (Wildman–Crippen LogP) is 5.92. The second-order valence-corrected chi connectivity index (χ2v) is 10.4. The largest absolute Gasteiger partial charge is 0.478 e. The highest BCUT2D eigenvalue weighted by Gasteiger charge is 2.34. The summed E-state index contributed by atoms with van der Waals surface area (Å²) in [4.78, 5) is 61.2. The molecular formula is C33H24O6. The molecule has 0 saturated carbocycles. The summed E-state index contributed by atoms with van der Waals surface area (Å²) >= 11 is 0. The van der Waals surface area contributed by atoms with Crippen molar-refractivity contribution in [2.24, 2.45) is 0 Å². The lowest BCUT2D eigenvalue weighted by molar-refractivity contribution is 0.0692. The topological polar surface area (TPSA) is 106 Å². The van der Waals surface area contributed by atoms with Gasteiger partial charge in [0.15, 0.2) is 23.1 Å². The third-order valence-electron chi connectivity index (χ3n) is 6.94. The van der Waals surface area contributed by atoms with Gasteiger partial charge in [-0.15, -0.1) is 0 Å². The fourth-order valence-corrected chi connectivity index (χ4v) is 5.09. The fourth-order valence-electron chi connectivity index (χ4n) is 5.09. The van der Waals surface area contributed by atoms with Crippen LogP contribution in [0.15, 0.2) is 84.9 Å². The van der Waals surface area contributed by atoms with Crippen molar-refractivity contribution in [2.45, 2.75) is 26.2 Å². The predicted molar refractivity (Wildman–Crippen MR) is 145 cm³/mol. The minimum Gasteiger partial charge on any atom is -0.478 e. The molecule has 0 saturated heterocycles. The van der Waals surface area contributed by atoms with E-state index >= 15 is 0 Å². The highest BCUT2D eigenvalue weighted by molar-refractivity contribution is 6.30. The Morgan fingerprint density at radius 2 is 0.897 bits per heavy atom. The normalized spacial score (nSPS) is 13.4. The van der Waals surface area contributed by atoms with Crippen LogP contribution >= 0.6 is 0 Å². The molecule has 2 aliphatic carbocycles. The van der Waals surface area contributed by atoms with Crippen LogP contribution in [0.3, 0.4) is 0 Å². The molecule has 192 valence electrons. The van der Waals surface area contributed by atoms with E-state index in [0.29, 0.717) is 27.8 Å². The van der Waals surface area contributed by atoms with Crippen LogP contribution in [0, 0.1) is 0 Å². The highest BCUT2D eigenvalue weighted by atomic mass is 16.4. The van der Waals surface area contributed by atoms with E-state index in [1.165, 1.54) is 24.3 Å². The van der Waals surface area contributed by atoms with Crippen LogP contribution < -0.4 is 0 Å². The maximum atomic E-state index is 12.8. The van der Waals surface area contributed by atoms with Gasteiger partial charge in [-0.05, 0) is 17.0 Å². The third kappa shape index (κ3) is 4.20. The molecule has 0 amide bonds. The lowest BCUT2D eigenvalue weighted by atomic mass is 9.75. The summed E-state index contributed by atoms with van der Waals surface area (Å²) in [7, 11) is 0. The van der Waals surface area contributed by atoms with Gasteiger partial charge >= 0.3 is 5.97 Å². The van der Waals surface area contributed by atoms with Gasteiger partial charge in [0.05, 0.1) is 5.56 Å². The average Bonchev–Trinajstić information content (AvgIpc) is 2.93. The molecule has 4 aromatic carbocycles. The molecule has 0 spiro atoms. The molecule has 0 atom stereocenters. The molecule has 0 aromatic heterocycles. The van der Waals surface area contributed by atoms with E-state index in [-0.39, 0.29) is 45.0 Å². The fraction of sp³-hybridized carbons (Fsp3) is 0.121. The summed E-state index contributed by atoms with van der Waals surface area (Å²) in [5.74, 6) is -2.03. The lowest BCUT2D eigenvalue weighted by Gasteiger charge is -2.26. The minimum atomic E-state index is -1.21. The summed E-state index contributed by atoms with van der Waals surface area (Å²) in [5.41, 5.74) is 3.47. The number of hydrogen-bond donors (Lipinski definition) is 1. The summed E-state index contributed by atoms with van der Waals surface area (Å²) in [5, 5.41) is 9.13. The zero-order chi connectivity index (χ0) is 28.1. The molecular weight excluding hydrogens is 492 g/mol. The van der Waals surface area contributed by atoms with Gasteiger partial charge < -0.3 is 5.11 Å². The number of ketones is 4. The van der Waals surface area contributed by atoms with Gasteiger partial charge in [0.2, 0.25) is 0 Å². The highest BCUT2D eigenvalue weighted by Crippen LogP contribution is 2.35. The van der Waals surface area contributed by atoms with E-state index in [1.807, 2.05) is 12.1 Å². The Morgan fingerprint density at radius 3 is 1.36 bits per heavy atom. The summed E-state index contributed by atoms with van der Waals surface area (Å²) < 4.78 is 0. The summed E-state index contributed by atoms with van der Waals surface area (Å²) in [6, 6.07) is 23.3. The van der Waals surface area contributed by atoms with Gasteiger partial charge in [-0.1, -0.05) is 99.6 Å². The molecule has 0 radical (unpaired) electrons. The van der Waals surface area contributed by atoms with Crippen molar-refractivity contribution in [1.82, 2.24) is 0 Å². The van der Waals surface area contributed by atoms with Crippen molar-refractivity contribution in [3.63, 3.8) is 0 Å². The number of aromatic carboxylic acids is 1. The number of carboxylic acid groups (broad SMARTS) is 1. The van der Waals surface area contributed by atoms with E-state index < -0.39 is 11.8 Å². The van der Waals surface area contributed by atoms with Gasteiger partial charge in [0.25, 0.3) is 0 Å². The first kappa shape index (κ1) is 25.7. The molecule has 4 aromatic rings. The van der Waals surface area contributed by atoms with E-state index in [1.54, 1.807) is 48.5 Å². The molecule has 0 bridgehead atoms. The second-order valence-electron chi connectivity index (χ2n) is 10.4. The van der Waals surface area contributed by atoms with E-state index in [9.17, 15) is 24.0 Å². The molecule has 6 nitrogen and oxygen atoms in total. The minimum absolute atomic E-state index is 0.0151. The zero-order valence-electron chi connectivity index (χ0n) is 21.6. The van der Waals surface area contributed by atoms with Crippen LogP contribution in [0.2, 0.25) is 0 Å². The maximum absolute atomic E-state index is 12.8. The van der Waals surface area contributed by atoms with Crippen molar-refractivity contribution in [3.8, 4) is 0 Å². The number of benzene rings is 4. The van der Waals surface area contributed by atoms with Crippen molar-refractivity contribution in [2.75, 3.05) is 0 Å². The zero-order valence-corrected chi connectivity index (χ0v) is 21.6. The van der Waals surface area contributed by atoms with Crippen LogP contribution in [0.25, 0.3) is 0 Å². The maximum Gasteiger partial charge on any atom is 0.336 e. The monoisotopic (exact) mass is 516 g/mol. The Labute approximate surface area is 224 Å². The lowest BCUT2D eigenvalue weighted by Crippen LogP contribution is -2.26. The first-order valence-corrected chi connectivity index (χ1v) is 12.4. The van der Waals surface area contributed by atoms with Crippen molar-refractivity contribution >= 4 is 29.1 Å². The van der Waals surface area contributed by atoms with Gasteiger partial charge in [0, 0.05) is 44.5 Å².